The summed E-state index contributed by atoms with van der Waals surface area (Å²) < 4.78 is 0. The minimum atomic E-state index is -0.257. The van der Waals surface area contributed by atoms with Crippen molar-refractivity contribution in [3.05, 3.63) is 95.8 Å². The molecule has 1 saturated carbocycles. The van der Waals surface area contributed by atoms with Gasteiger partial charge in [0, 0.05) is 23.3 Å². The molecule has 0 aliphatic heterocycles. The van der Waals surface area contributed by atoms with E-state index in [2.05, 4.69) is 39.8 Å². The van der Waals surface area contributed by atoms with Crippen LogP contribution in [0.15, 0.2) is 84.2 Å². The molecule has 5 nitrogen and oxygen atoms in total. The Morgan fingerprint density at radius 3 is 2.44 bits per heavy atom. The molecular formula is C29H28N4O. The van der Waals surface area contributed by atoms with Crippen LogP contribution in [0.2, 0.25) is 0 Å². The van der Waals surface area contributed by atoms with Gasteiger partial charge >= 0.3 is 0 Å². The molecule has 1 N–H and O–H groups in total. The number of aromatic nitrogens is 2. The summed E-state index contributed by atoms with van der Waals surface area (Å²) in [7, 11) is 0. The van der Waals surface area contributed by atoms with Gasteiger partial charge in [-0.3, -0.25) is 9.78 Å². The third-order valence-corrected chi connectivity index (χ3v) is 6.67. The van der Waals surface area contributed by atoms with Crippen LogP contribution in [-0.2, 0) is 0 Å². The highest BCUT2D eigenvalue weighted by Crippen LogP contribution is 2.32. The Kier molecular flexibility index (Phi) is 6.43. The number of nitrogens with one attached hydrogen (secondary N) is 1. The van der Waals surface area contributed by atoms with E-state index in [9.17, 15) is 4.79 Å². The molecule has 0 atom stereocenters. The smallest absolute Gasteiger partial charge is 0.267 e. The summed E-state index contributed by atoms with van der Waals surface area (Å²) in [5, 5.41) is 5.20. The van der Waals surface area contributed by atoms with Crippen LogP contribution in [0.3, 0.4) is 0 Å². The summed E-state index contributed by atoms with van der Waals surface area (Å²) in [6.07, 6.45) is 10.0. The third kappa shape index (κ3) is 4.74. The molecule has 34 heavy (non-hydrogen) atoms. The first-order valence-corrected chi connectivity index (χ1v) is 11.9. The number of rotatable bonds is 5. The number of hydrazone groups is 1. The van der Waals surface area contributed by atoms with E-state index in [0.717, 1.165) is 33.4 Å². The quantitative estimate of drug-likeness (QED) is 0.280. The minimum absolute atomic E-state index is 0.257. The van der Waals surface area contributed by atoms with Crippen molar-refractivity contribution in [2.45, 2.75) is 44.9 Å². The van der Waals surface area contributed by atoms with Crippen molar-refractivity contribution in [1.82, 2.24) is 15.4 Å². The standard InChI is InChI=1S/C29H28N4O/c1-20(21-11-13-23(14-12-21)22-7-3-2-4-8-22)32-33-29(34)26-19-28(24-15-17-30-18-16-24)31-27-10-6-5-9-25(26)27/h5-6,9-19,22H,2-4,7-8H2,1H3,(H,33,34)/b32-20-. The SMILES string of the molecule is C/C(=N/NC(=O)c1cc(-c2ccncc2)nc2ccccc12)c1ccc(C2CCCCC2)cc1. The van der Waals surface area contributed by atoms with Crippen LogP contribution in [0.5, 0.6) is 0 Å². The Labute approximate surface area is 200 Å². The van der Waals surface area contributed by atoms with Crippen LogP contribution < -0.4 is 5.43 Å². The van der Waals surface area contributed by atoms with Gasteiger partial charge in [-0.2, -0.15) is 5.10 Å². The van der Waals surface area contributed by atoms with Crippen molar-refractivity contribution in [3.8, 4) is 11.3 Å². The third-order valence-electron chi connectivity index (χ3n) is 6.67. The number of para-hydroxylation sites is 1. The number of carbonyl (C=O) groups is 1. The number of benzene rings is 2. The lowest BCUT2D eigenvalue weighted by Gasteiger charge is -2.22. The van der Waals surface area contributed by atoms with Gasteiger partial charge < -0.3 is 0 Å². The summed E-state index contributed by atoms with van der Waals surface area (Å²) in [5.41, 5.74) is 8.89. The Hall–Kier alpha value is -3.86. The first-order chi connectivity index (χ1) is 16.7. The molecule has 4 aromatic rings. The molecule has 0 bridgehead atoms. The van der Waals surface area contributed by atoms with Crippen molar-refractivity contribution in [3.63, 3.8) is 0 Å². The van der Waals surface area contributed by atoms with Gasteiger partial charge in [-0.1, -0.05) is 61.7 Å². The van der Waals surface area contributed by atoms with Gasteiger partial charge in [-0.15, -0.1) is 0 Å². The predicted molar refractivity (Wildman–Crippen MR) is 137 cm³/mol. The number of fused-ring (bicyclic) bond motifs is 1. The molecule has 0 spiro atoms. The number of hydrogen-bond donors (Lipinski definition) is 1. The van der Waals surface area contributed by atoms with Gasteiger partial charge in [0.1, 0.15) is 0 Å². The minimum Gasteiger partial charge on any atom is -0.267 e. The Morgan fingerprint density at radius 1 is 0.941 bits per heavy atom. The van der Waals surface area contributed by atoms with Gasteiger partial charge in [-0.25, -0.2) is 10.4 Å². The highest BCUT2D eigenvalue weighted by atomic mass is 16.2. The Bertz CT molecular complexity index is 1320. The zero-order chi connectivity index (χ0) is 23.3. The number of nitrogens with zero attached hydrogens (tertiary/aromatic N) is 3. The second-order valence-electron chi connectivity index (χ2n) is 8.90. The highest BCUT2D eigenvalue weighted by Gasteiger charge is 2.16. The summed E-state index contributed by atoms with van der Waals surface area (Å²) in [5.74, 6) is 0.418. The van der Waals surface area contributed by atoms with Crippen LogP contribution in [0.1, 0.15) is 66.4 Å². The van der Waals surface area contributed by atoms with E-state index in [1.54, 1.807) is 12.4 Å². The van der Waals surface area contributed by atoms with E-state index < -0.39 is 0 Å². The van der Waals surface area contributed by atoms with Crippen LogP contribution in [0.25, 0.3) is 22.2 Å². The van der Waals surface area contributed by atoms with E-state index in [0.29, 0.717) is 11.5 Å². The van der Waals surface area contributed by atoms with Gasteiger partial charge in [-0.05, 0) is 61.1 Å². The molecule has 0 saturated heterocycles. The van der Waals surface area contributed by atoms with Crippen molar-refractivity contribution in [2.75, 3.05) is 0 Å². The molecule has 170 valence electrons. The molecule has 2 heterocycles. The fourth-order valence-corrected chi connectivity index (χ4v) is 4.73. The molecule has 1 aliphatic rings. The number of amides is 1. The first-order valence-electron chi connectivity index (χ1n) is 11.9. The van der Waals surface area contributed by atoms with Crippen molar-refractivity contribution >= 4 is 22.5 Å². The lowest BCUT2D eigenvalue weighted by Crippen LogP contribution is -2.20. The molecule has 1 amide bonds. The second kappa shape index (κ2) is 9.96. The molecule has 2 aromatic carbocycles. The molecule has 5 rings (SSSR count). The molecule has 0 unspecified atom stereocenters. The van der Waals surface area contributed by atoms with Crippen LogP contribution in [-0.4, -0.2) is 21.6 Å². The van der Waals surface area contributed by atoms with Gasteiger partial charge in [0.2, 0.25) is 0 Å². The maximum Gasteiger partial charge on any atom is 0.272 e. The van der Waals surface area contributed by atoms with Crippen LogP contribution >= 0.6 is 0 Å². The maximum absolute atomic E-state index is 13.2. The summed E-state index contributed by atoms with van der Waals surface area (Å²) in [6.45, 7) is 1.92. The zero-order valence-electron chi connectivity index (χ0n) is 19.4. The molecule has 2 aromatic heterocycles. The predicted octanol–water partition coefficient (Wildman–Crippen LogP) is 6.50. The lowest BCUT2D eigenvalue weighted by molar-refractivity contribution is 0.0956. The number of hydrogen-bond acceptors (Lipinski definition) is 4. The molecule has 5 heteroatoms. The zero-order valence-corrected chi connectivity index (χ0v) is 19.4. The van der Waals surface area contributed by atoms with E-state index in [-0.39, 0.29) is 5.91 Å². The second-order valence-corrected chi connectivity index (χ2v) is 8.90. The fraction of sp³-hybridized carbons (Fsp3) is 0.241. The van der Waals surface area contributed by atoms with Gasteiger partial charge in [0.25, 0.3) is 5.91 Å². The monoisotopic (exact) mass is 448 g/mol. The average molecular weight is 449 g/mol. The highest BCUT2D eigenvalue weighted by molar-refractivity contribution is 6.08. The lowest BCUT2D eigenvalue weighted by atomic mass is 9.84. The fourth-order valence-electron chi connectivity index (χ4n) is 4.73. The maximum atomic E-state index is 13.2. The van der Waals surface area contributed by atoms with Crippen molar-refractivity contribution < 1.29 is 4.79 Å². The number of carbonyl (C=O) groups excluding carboxylic acids is 1. The topological polar surface area (TPSA) is 67.2 Å². The molecule has 1 fully saturated rings. The van der Waals surface area contributed by atoms with Gasteiger partial charge in [0.15, 0.2) is 0 Å². The molecular weight excluding hydrogens is 420 g/mol. The van der Waals surface area contributed by atoms with E-state index in [4.69, 9.17) is 4.98 Å². The normalized spacial score (nSPS) is 14.8. The number of pyridine rings is 2. The van der Waals surface area contributed by atoms with E-state index in [1.165, 1.54) is 37.7 Å². The molecule has 1 aliphatic carbocycles. The van der Waals surface area contributed by atoms with Crippen LogP contribution in [0.4, 0.5) is 0 Å². The first kappa shape index (κ1) is 22.0. The largest absolute Gasteiger partial charge is 0.272 e. The Balaban J connectivity index is 1.38. The van der Waals surface area contributed by atoms with Crippen molar-refractivity contribution in [1.29, 1.82) is 0 Å². The van der Waals surface area contributed by atoms with Gasteiger partial charge in [0.05, 0.1) is 22.5 Å². The summed E-state index contributed by atoms with van der Waals surface area (Å²) in [4.78, 5) is 22.0. The summed E-state index contributed by atoms with van der Waals surface area (Å²) in [6, 6.07) is 21.9. The van der Waals surface area contributed by atoms with Crippen LogP contribution in [0, 0.1) is 0 Å². The van der Waals surface area contributed by atoms with Crippen molar-refractivity contribution in [2.24, 2.45) is 5.10 Å². The molecule has 0 radical (unpaired) electrons. The van der Waals surface area contributed by atoms with E-state index in [1.807, 2.05) is 49.4 Å². The summed E-state index contributed by atoms with van der Waals surface area (Å²) >= 11 is 0. The van der Waals surface area contributed by atoms with E-state index >= 15 is 0 Å². The Morgan fingerprint density at radius 2 is 1.68 bits per heavy atom. The average Bonchev–Trinajstić information content (AvgIpc) is 2.92.